The topological polar surface area (TPSA) is 52.7 Å². The molecular weight excluding hydrogens is 288 g/mol. The lowest BCUT2D eigenvalue weighted by Gasteiger charge is -2.01. The Hall–Kier alpha value is -2.40. The molecule has 1 aromatic carbocycles. The lowest BCUT2D eigenvalue weighted by molar-refractivity contribution is 0.112. The van der Waals surface area contributed by atoms with E-state index in [0.29, 0.717) is 22.8 Å². The van der Waals surface area contributed by atoms with Crippen LogP contribution in [-0.2, 0) is 13.6 Å². The van der Waals surface area contributed by atoms with Gasteiger partial charge in [0.15, 0.2) is 6.29 Å². The van der Waals surface area contributed by atoms with Crippen LogP contribution in [0.25, 0.3) is 11.3 Å². The van der Waals surface area contributed by atoms with E-state index in [2.05, 4.69) is 10.2 Å². The van der Waals surface area contributed by atoms with Crippen molar-refractivity contribution in [3.05, 3.63) is 59.0 Å². The average molecular weight is 301 g/mol. The van der Waals surface area contributed by atoms with Crippen molar-refractivity contribution in [1.29, 1.82) is 0 Å². The largest absolute Gasteiger partial charge is 0.298 e. The molecule has 2 aromatic heterocycles. The minimum atomic E-state index is 0.553. The monoisotopic (exact) mass is 300 g/mol. The Kier molecular flexibility index (Phi) is 3.58. The second-order valence-corrected chi connectivity index (χ2v) is 5.21. The van der Waals surface area contributed by atoms with Crippen LogP contribution in [0.15, 0.2) is 42.9 Å². The Morgan fingerprint density at radius 3 is 2.62 bits per heavy atom. The summed E-state index contributed by atoms with van der Waals surface area (Å²) in [6.07, 6.45) is 6.08. The highest BCUT2D eigenvalue weighted by atomic mass is 35.5. The van der Waals surface area contributed by atoms with Crippen molar-refractivity contribution in [1.82, 2.24) is 19.6 Å². The third-order valence-corrected chi connectivity index (χ3v) is 3.41. The molecule has 3 rings (SSSR count). The first-order chi connectivity index (χ1) is 10.2. The highest BCUT2D eigenvalue weighted by molar-refractivity contribution is 6.30. The molecule has 0 saturated carbocycles. The molecule has 0 saturated heterocycles. The fourth-order valence-corrected chi connectivity index (χ4v) is 2.27. The summed E-state index contributed by atoms with van der Waals surface area (Å²) in [4.78, 5) is 11.2. The van der Waals surface area contributed by atoms with E-state index in [1.54, 1.807) is 21.8 Å². The molecule has 0 bridgehead atoms. The SMILES string of the molecule is Cn1cc(-c2nn(Cc3ccc(Cl)cc3)cc2C=O)cn1. The Morgan fingerprint density at radius 2 is 2.00 bits per heavy atom. The van der Waals surface area contributed by atoms with Gasteiger partial charge in [-0.05, 0) is 17.7 Å². The van der Waals surface area contributed by atoms with E-state index in [9.17, 15) is 4.79 Å². The molecule has 0 fully saturated rings. The zero-order chi connectivity index (χ0) is 14.8. The van der Waals surface area contributed by atoms with E-state index in [0.717, 1.165) is 17.4 Å². The van der Waals surface area contributed by atoms with Crippen molar-refractivity contribution >= 4 is 17.9 Å². The molecule has 2 heterocycles. The Morgan fingerprint density at radius 1 is 1.24 bits per heavy atom. The summed E-state index contributed by atoms with van der Waals surface area (Å²) in [7, 11) is 1.83. The second-order valence-electron chi connectivity index (χ2n) is 4.78. The van der Waals surface area contributed by atoms with E-state index < -0.39 is 0 Å². The zero-order valence-corrected chi connectivity index (χ0v) is 12.2. The number of carbonyl (C=O) groups is 1. The maximum Gasteiger partial charge on any atom is 0.153 e. The van der Waals surface area contributed by atoms with Gasteiger partial charge in [0.2, 0.25) is 0 Å². The summed E-state index contributed by atoms with van der Waals surface area (Å²) < 4.78 is 3.43. The lowest BCUT2D eigenvalue weighted by atomic mass is 10.2. The van der Waals surface area contributed by atoms with E-state index in [1.165, 1.54) is 0 Å². The van der Waals surface area contributed by atoms with Gasteiger partial charge in [-0.1, -0.05) is 23.7 Å². The van der Waals surface area contributed by atoms with Gasteiger partial charge in [-0.2, -0.15) is 10.2 Å². The summed E-state index contributed by atoms with van der Waals surface area (Å²) >= 11 is 5.87. The van der Waals surface area contributed by atoms with E-state index in [4.69, 9.17) is 11.6 Å². The van der Waals surface area contributed by atoms with Crippen molar-refractivity contribution in [3.63, 3.8) is 0 Å². The number of nitrogens with zero attached hydrogens (tertiary/aromatic N) is 4. The number of aldehydes is 1. The number of hydrogen-bond acceptors (Lipinski definition) is 3. The second kappa shape index (κ2) is 5.54. The summed E-state index contributed by atoms with van der Waals surface area (Å²) in [5.41, 5.74) is 3.09. The lowest BCUT2D eigenvalue weighted by Crippen LogP contribution is -2.00. The molecule has 0 radical (unpaired) electrons. The number of carbonyl (C=O) groups excluding carboxylic acids is 1. The molecule has 106 valence electrons. The summed E-state index contributed by atoms with van der Waals surface area (Å²) in [5, 5.41) is 9.29. The molecule has 6 heteroatoms. The maximum atomic E-state index is 11.2. The van der Waals surface area contributed by atoms with Gasteiger partial charge in [0, 0.05) is 30.0 Å². The smallest absolute Gasteiger partial charge is 0.153 e. The predicted octanol–water partition coefficient (Wildman–Crippen LogP) is 2.80. The molecule has 0 N–H and O–H groups in total. The van der Waals surface area contributed by atoms with Crippen LogP contribution in [0, 0.1) is 0 Å². The summed E-state index contributed by atoms with van der Waals surface area (Å²) in [5.74, 6) is 0. The highest BCUT2D eigenvalue weighted by Gasteiger charge is 2.12. The van der Waals surface area contributed by atoms with Crippen molar-refractivity contribution in [2.24, 2.45) is 7.05 Å². The zero-order valence-electron chi connectivity index (χ0n) is 11.4. The summed E-state index contributed by atoms with van der Waals surface area (Å²) in [6.45, 7) is 0.582. The fraction of sp³-hybridized carbons (Fsp3) is 0.133. The number of halogens is 1. The third-order valence-electron chi connectivity index (χ3n) is 3.15. The first kappa shape index (κ1) is 13.6. The number of aromatic nitrogens is 4. The molecule has 3 aromatic rings. The van der Waals surface area contributed by atoms with Gasteiger partial charge in [0.25, 0.3) is 0 Å². The van der Waals surface area contributed by atoms with Gasteiger partial charge in [-0.3, -0.25) is 14.2 Å². The van der Waals surface area contributed by atoms with Gasteiger partial charge in [0.1, 0.15) is 5.69 Å². The molecule has 0 aliphatic rings. The Balaban J connectivity index is 1.92. The quantitative estimate of drug-likeness (QED) is 0.696. The van der Waals surface area contributed by atoms with Gasteiger partial charge in [0.05, 0.1) is 18.3 Å². The van der Waals surface area contributed by atoms with Gasteiger partial charge >= 0.3 is 0 Å². The molecule has 0 spiro atoms. The Labute approximate surface area is 126 Å². The molecule has 5 nitrogen and oxygen atoms in total. The molecule has 0 aliphatic heterocycles. The fourth-order valence-electron chi connectivity index (χ4n) is 2.15. The van der Waals surface area contributed by atoms with Crippen molar-refractivity contribution < 1.29 is 4.79 Å². The predicted molar refractivity (Wildman–Crippen MR) is 80.4 cm³/mol. The highest BCUT2D eigenvalue weighted by Crippen LogP contribution is 2.20. The van der Waals surface area contributed by atoms with Gasteiger partial charge in [-0.25, -0.2) is 0 Å². The van der Waals surface area contributed by atoms with Crippen LogP contribution >= 0.6 is 11.6 Å². The standard InChI is InChI=1S/C15H13ClN4O/c1-19-8-12(6-17-19)15-13(10-21)9-20(18-15)7-11-2-4-14(16)5-3-11/h2-6,8-10H,7H2,1H3. The van der Waals surface area contributed by atoms with Crippen molar-refractivity contribution in [2.75, 3.05) is 0 Å². The molecule has 0 aliphatic carbocycles. The van der Waals surface area contributed by atoms with Crippen LogP contribution in [-0.4, -0.2) is 25.8 Å². The van der Waals surface area contributed by atoms with Gasteiger partial charge in [-0.15, -0.1) is 0 Å². The number of hydrogen-bond donors (Lipinski definition) is 0. The molecule has 0 unspecified atom stereocenters. The van der Waals surface area contributed by atoms with Crippen LogP contribution in [0.2, 0.25) is 5.02 Å². The first-order valence-corrected chi connectivity index (χ1v) is 6.79. The molecule has 0 amide bonds. The normalized spacial score (nSPS) is 10.8. The molecular formula is C15H13ClN4O. The van der Waals surface area contributed by atoms with Gasteiger partial charge < -0.3 is 0 Å². The van der Waals surface area contributed by atoms with Crippen LogP contribution in [0.4, 0.5) is 0 Å². The summed E-state index contributed by atoms with van der Waals surface area (Å²) in [6, 6.07) is 7.55. The molecule has 0 atom stereocenters. The number of aryl methyl sites for hydroxylation is 1. The molecule has 21 heavy (non-hydrogen) atoms. The van der Waals surface area contributed by atoms with E-state index in [-0.39, 0.29) is 0 Å². The first-order valence-electron chi connectivity index (χ1n) is 6.42. The van der Waals surface area contributed by atoms with Crippen molar-refractivity contribution in [3.8, 4) is 11.3 Å². The van der Waals surface area contributed by atoms with Crippen LogP contribution in [0.3, 0.4) is 0 Å². The Bertz CT molecular complexity index is 773. The van der Waals surface area contributed by atoms with E-state index >= 15 is 0 Å². The number of benzene rings is 1. The minimum absolute atomic E-state index is 0.553. The number of rotatable bonds is 4. The van der Waals surface area contributed by atoms with E-state index in [1.807, 2.05) is 37.5 Å². The van der Waals surface area contributed by atoms with Crippen LogP contribution in [0.1, 0.15) is 15.9 Å². The minimum Gasteiger partial charge on any atom is -0.298 e. The van der Waals surface area contributed by atoms with Crippen LogP contribution < -0.4 is 0 Å². The van der Waals surface area contributed by atoms with Crippen molar-refractivity contribution in [2.45, 2.75) is 6.54 Å². The van der Waals surface area contributed by atoms with Crippen LogP contribution in [0.5, 0.6) is 0 Å². The maximum absolute atomic E-state index is 11.2. The third kappa shape index (κ3) is 2.87. The average Bonchev–Trinajstić information content (AvgIpc) is 3.07.